The number of anilines is 2. The first-order chi connectivity index (χ1) is 16.9. The van der Waals surface area contributed by atoms with Crippen LogP contribution >= 0.6 is 11.3 Å². The minimum Gasteiger partial charge on any atom is -0.455 e. The van der Waals surface area contributed by atoms with Gasteiger partial charge in [0.05, 0.1) is 29.3 Å². The zero-order chi connectivity index (χ0) is 24.9. The van der Waals surface area contributed by atoms with Crippen LogP contribution < -0.4 is 4.90 Å². The molecule has 35 heavy (non-hydrogen) atoms. The number of hydrogen-bond donors (Lipinski definition) is 0. The quantitative estimate of drug-likeness (QED) is 0.301. The summed E-state index contributed by atoms with van der Waals surface area (Å²) in [6.07, 6.45) is 0.928. The number of hydrogen-bond acceptors (Lipinski definition) is 6. The third-order valence-electron chi connectivity index (χ3n) is 5.76. The molecule has 0 saturated heterocycles. The van der Waals surface area contributed by atoms with Crippen LogP contribution in [0.15, 0.2) is 60.0 Å². The van der Waals surface area contributed by atoms with E-state index in [-0.39, 0.29) is 12.5 Å². The molecule has 180 valence electrons. The maximum atomic E-state index is 12.9. The number of benzene rings is 2. The van der Waals surface area contributed by atoms with Crippen LogP contribution in [0.1, 0.15) is 52.4 Å². The van der Waals surface area contributed by atoms with Crippen LogP contribution in [0.25, 0.3) is 0 Å². The van der Waals surface area contributed by atoms with Crippen molar-refractivity contribution in [3.8, 4) is 0 Å². The van der Waals surface area contributed by atoms with Crippen LogP contribution in [-0.2, 0) is 29.1 Å². The number of thiazole rings is 1. The highest BCUT2D eigenvalue weighted by Gasteiger charge is 2.22. The molecule has 2 aromatic carbocycles. The number of esters is 1. The van der Waals surface area contributed by atoms with Crippen molar-refractivity contribution in [2.75, 3.05) is 4.90 Å². The van der Waals surface area contributed by atoms with E-state index in [1.807, 2.05) is 66.2 Å². The van der Waals surface area contributed by atoms with Crippen molar-refractivity contribution in [2.24, 2.45) is 0 Å². The van der Waals surface area contributed by atoms with E-state index in [0.29, 0.717) is 28.6 Å². The standard InChI is InChI=1S/C27H28N4O3S/c1-5-21-11-13-24(14-12-21)31(20(4)32)27-28-23(17-35-27)16-34-26(33)25-18(2)29-30(19(25)3)15-22-9-7-6-8-10-22/h6-14,17H,5,15-16H2,1-4H3. The SMILES string of the molecule is CCc1ccc(N(C(C)=O)c2nc(COC(=O)c3c(C)nn(Cc4ccccc4)c3C)cs2)cc1. The minimum absolute atomic E-state index is 0.0125. The molecular formula is C27H28N4O3S. The summed E-state index contributed by atoms with van der Waals surface area (Å²) in [5.74, 6) is -0.573. The second-order valence-electron chi connectivity index (χ2n) is 8.26. The fourth-order valence-electron chi connectivity index (χ4n) is 3.89. The van der Waals surface area contributed by atoms with Crippen LogP contribution in [0, 0.1) is 13.8 Å². The van der Waals surface area contributed by atoms with E-state index in [2.05, 4.69) is 17.0 Å². The van der Waals surface area contributed by atoms with Gasteiger partial charge in [0.15, 0.2) is 5.13 Å². The molecule has 2 heterocycles. The Morgan fingerprint density at radius 1 is 1.03 bits per heavy atom. The van der Waals surface area contributed by atoms with Gasteiger partial charge in [-0.25, -0.2) is 9.78 Å². The summed E-state index contributed by atoms with van der Waals surface area (Å²) < 4.78 is 7.39. The number of amides is 1. The molecule has 0 fully saturated rings. The fourth-order valence-corrected chi connectivity index (χ4v) is 4.76. The van der Waals surface area contributed by atoms with Crippen molar-refractivity contribution in [2.45, 2.75) is 47.3 Å². The lowest BCUT2D eigenvalue weighted by molar-refractivity contribution is -0.115. The average molecular weight is 489 g/mol. The first-order valence-corrected chi connectivity index (χ1v) is 12.3. The molecule has 4 rings (SSSR count). The van der Waals surface area contributed by atoms with E-state index in [1.54, 1.807) is 17.2 Å². The Hall–Kier alpha value is -3.78. The van der Waals surface area contributed by atoms with Gasteiger partial charge in [0.2, 0.25) is 5.91 Å². The van der Waals surface area contributed by atoms with Crippen molar-refractivity contribution in [3.05, 3.63) is 93.7 Å². The molecule has 0 aliphatic rings. The van der Waals surface area contributed by atoms with Crippen molar-refractivity contribution in [1.29, 1.82) is 0 Å². The molecule has 0 spiro atoms. The normalized spacial score (nSPS) is 10.9. The molecule has 0 atom stereocenters. The lowest BCUT2D eigenvalue weighted by atomic mass is 10.1. The van der Waals surface area contributed by atoms with Crippen LogP contribution in [-0.4, -0.2) is 26.6 Å². The van der Waals surface area contributed by atoms with Gasteiger partial charge in [-0.15, -0.1) is 11.3 Å². The highest BCUT2D eigenvalue weighted by atomic mass is 32.1. The van der Waals surface area contributed by atoms with Crippen LogP contribution in [0.3, 0.4) is 0 Å². The van der Waals surface area contributed by atoms with E-state index < -0.39 is 5.97 Å². The minimum atomic E-state index is -0.438. The zero-order valence-corrected chi connectivity index (χ0v) is 21.1. The predicted molar refractivity (Wildman–Crippen MR) is 137 cm³/mol. The first-order valence-electron chi connectivity index (χ1n) is 11.5. The third-order valence-corrected chi connectivity index (χ3v) is 6.64. The monoisotopic (exact) mass is 488 g/mol. The zero-order valence-electron chi connectivity index (χ0n) is 20.3. The second kappa shape index (κ2) is 10.7. The van der Waals surface area contributed by atoms with Gasteiger partial charge >= 0.3 is 5.97 Å². The number of aryl methyl sites for hydroxylation is 2. The number of nitrogens with zero attached hydrogens (tertiary/aromatic N) is 4. The van der Waals surface area contributed by atoms with E-state index in [1.165, 1.54) is 23.8 Å². The summed E-state index contributed by atoms with van der Waals surface area (Å²) in [5, 5.41) is 6.87. The second-order valence-corrected chi connectivity index (χ2v) is 9.10. The van der Waals surface area contributed by atoms with Crippen molar-refractivity contribution in [1.82, 2.24) is 14.8 Å². The summed E-state index contributed by atoms with van der Waals surface area (Å²) in [5.41, 5.74) is 5.49. The molecule has 8 heteroatoms. The summed E-state index contributed by atoms with van der Waals surface area (Å²) in [7, 11) is 0. The predicted octanol–water partition coefficient (Wildman–Crippen LogP) is 5.61. The number of ether oxygens (including phenoxy) is 1. The number of aromatic nitrogens is 3. The first kappa shape index (κ1) is 24.3. The lowest BCUT2D eigenvalue weighted by Crippen LogP contribution is -2.22. The molecule has 4 aromatic rings. The van der Waals surface area contributed by atoms with Crippen molar-refractivity contribution < 1.29 is 14.3 Å². The molecule has 0 bridgehead atoms. The fraction of sp³-hybridized carbons (Fsp3) is 0.259. The van der Waals surface area contributed by atoms with Gasteiger partial charge in [0, 0.05) is 12.3 Å². The number of rotatable bonds is 8. The van der Waals surface area contributed by atoms with Gasteiger partial charge in [-0.05, 0) is 43.5 Å². The molecule has 0 unspecified atom stereocenters. The van der Waals surface area contributed by atoms with E-state index >= 15 is 0 Å². The Morgan fingerprint density at radius 2 is 1.74 bits per heavy atom. The van der Waals surface area contributed by atoms with Crippen molar-refractivity contribution >= 4 is 34.0 Å². The Morgan fingerprint density at radius 3 is 2.40 bits per heavy atom. The number of carbonyl (C=O) groups is 2. The lowest BCUT2D eigenvalue weighted by Gasteiger charge is -2.18. The maximum absolute atomic E-state index is 12.9. The van der Waals surface area contributed by atoms with Gasteiger partial charge < -0.3 is 4.74 Å². The Balaban J connectivity index is 1.45. The molecule has 0 aliphatic heterocycles. The van der Waals surface area contributed by atoms with Gasteiger partial charge in [-0.2, -0.15) is 5.10 Å². The van der Waals surface area contributed by atoms with Gasteiger partial charge in [0.25, 0.3) is 0 Å². The Labute approximate surface area is 209 Å². The molecule has 7 nitrogen and oxygen atoms in total. The maximum Gasteiger partial charge on any atom is 0.342 e. The van der Waals surface area contributed by atoms with Crippen LogP contribution in [0.2, 0.25) is 0 Å². The molecule has 0 N–H and O–H groups in total. The van der Waals surface area contributed by atoms with Crippen molar-refractivity contribution in [3.63, 3.8) is 0 Å². The highest BCUT2D eigenvalue weighted by Crippen LogP contribution is 2.29. The Bertz CT molecular complexity index is 1330. The van der Waals surface area contributed by atoms with E-state index in [4.69, 9.17) is 4.74 Å². The number of carbonyl (C=O) groups excluding carboxylic acids is 2. The highest BCUT2D eigenvalue weighted by molar-refractivity contribution is 7.14. The summed E-state index contributed by atoms with van der Waals surface area (Å²) in [6.45, 7) is 7.86. The van der Waals surface area contributed by atoms with E-state index in [0.717, 1.165) is 23.4 Å². The molecule has 0 aliphatic carbocycles. The van der Waals surface area contributed by atoms with Gasteiger partial charge in [-0.3, -0.25) is 14.4 Å². The molecule has 1 amide bonds. The molecule has 0 saturated carbocycles. The topological polar surface area (TPSA) is 77.3 Å². The van der Waals surface area contributed by atoms with Crippen LogP contribution in [0.4, 0.5) is 10.8 Å². The molecule has 0 radical (unpaired) electrons. The summed E-state index contributed by atoms with van der Waals surface area (Å²) in [4.78, 5) is 31.4. The smallest absolute Gasteiger partial charge is 0.342 e. The largest absolute Gasteiger partial charge is 0.455 e. The summed E-state index contributed by atoms with van der Waals surface area (Å²) >= 11 is 1.34. The Kier molecular flexibility index (Phi) is 7.41. The average Bonchev–Trinajstić information content (AvgIpc) is 3.42. The third kappa shape index (κ3) is 5.49. The van der Waals surface area contributed by atoms with Gasteiger partial charge in [-0.1, -0.05) is 49.4 Å². The van der Waals surface area contributed by atoms with Crippen LogP contribution in [0.5, 0.6) is 0 Å². The van der Waals surface area contributed by atoms with Gasteiger partial charge in [0.1, 0.15) is 12.2 Å². The molecule has 2 aromatic heterocycles. The molecular weight excluding hydrogens is 460 g/mol. The van der Waals surface area contributed by atoms with E-state index in [9.17, 15) is 9.59 Å². The summed E-state index contributed by atoms with van der Waals surface area (Å²) in [6, 6.07) is 17.8.